The first-order valence-corrected chi connectivity index (χ1v) is 25.3. The third-order valence-corrected chi connectivity index (χ3v) is 15.8. The van der Waals surface area contributed by atoms with E-state index >= 15 is 0 Å². The Kier molecular flexibility index (Phi) is 13.0. The lowest BCUT2D eigenvalue weighted by atomic mass is 9.90. The normalized spacial score (nSPS) is 22.5. The summed E-state index contributed by atoms with van der Waals surface area (Å²) in [5, 5.41) is 7.19. The van der Waals surface area contributed by atoms with Crippen LogP contribution in [0.3, 0.4) is 0 Å². The number of halogens is 1. The van der Waals surface area contributed by atoms with Crippen molar-refractivity contribution in [1.29, 1.82) is 0 Å². The number of ether oxygens (including phenoxy) is 5. The van der Waals surface area contributed by atoms with Gasteiger partial charge in [0, 0.05) is 68.0 Å². The summed E-state index contributed by atoms with van der Waals surface area (Å²) in [6.07, 6.45) is 11.1. The van der Waals surface area contributed by atoms with Crippen LogP contribution < -0.4 is 15.4 Å². The molecule has 0 radical (unpaired) electrons. The van der Waals surface area contributed by atoms with Gasteiger partial charge in [-0.2, -0.15) is 0 Å². The van der Waals surface area contributed by atoms with E-state index in [1.807, 2.05) is 28.3 Å². The number of methoxy groups -OCH3 is 2. The molecule has 0 bridgehead atoms. The number of imidazole rings is 2. The van der Waals surface area contributed by atoms with Crippen LogP contribution in [0.1, 0.15) is 101 Å². The summed E-state index contributed by atoms with van der Waals surface area (Å²) in [5.41, 5.74) is 6.18. The molecule has 11 rings (SSSR count). The Morgan fingerprint density at radius 2 is 1.26 bits per heavy atom. The molecular weight excluding hydrogens is 918 g/mol. The van der Waals surface area contributed by atoms with Gasteiger partial charge < -0.3 is 58.7 Å². The standard InChI is InChI=1S/C51H60ClN9O9/c1-66-50(64)57-43(29-13-19-68-20-14-29)48(62)59-17-3-5-38(59)46-53-26-35(55-46)31-10-12-37-34(24-31)42(52)45-33-11-9-32(25-40(33)70-41(61(37)45)23-28-7-8-28)36-27-54-47(56-36)39-6-4-18-60(39)49(63)44(58-51(65)67-2)30-15-21-69-22-16-30/h9-12,24-30,38-39,41,43-44H,3-8,13-23H2,1-2H3,(H,53,55)(H,54,56)(H,57,64)(H,58,65)/t38-,39?,41?,43?,44?/m0/s1. The number of rotatable bonds is 12. The average Bonchev–Trinajstić information content (AvgIpc) is 4.00. The number of nitrogens with zero attached hydrogens (tertiary/aromatic N) is 5. The molecule has 4 N–H and O–H groups in total. The van der Waals surface area contributed by atoms with Crippen LogP contribution >= 0.6 is 11.6 Å². The van der Waals surface area contributed by atoms with Crippen molar-refractivity contribution in [2.24, 2.45) is 17.8 Å². The Labute approximate surface area is 410 Å². The van der Waals surface area contributed by atoms with Crippen molar-refractivity contribution in [3.05, 3.63) is 65.5 Å². The first kappa shape index (κ1) is 46.3. The summed E-state index contributed by atoms with van der Waals surface area (Å²) in [6.45, 7) is 3.30. The first-order chi connectivity index (χ1) is 34.2. The Hall–Kier alpha value is -6.11. The maximum absolute atomic E-state index is 14.2. The van der Waals surface area contributed by atoms with Gasteiger partial charge in [0.05, 0.1) is 66.3 Å². The van der Waals surface area contributed by atoms with Gasteiger partial charge >= 0.3 is 12.2 Å². The molecule has 8 heterocycles. The number of aromatic nitrogens is 5. The van der Waals surface area contributed by atoms with E-state index < -0.39 is 24.3 Å². The minimum absolute atomic E-state index is 0.0541. The maximum Gasteiger partial charge on any atom is 0.407 e. The van der Waals surface area contributed by atoms with Crippen LogP contribution in [0.25, 0.3) is 44.7 Å². The molecule has 19 heteroatoms. The van der Waals surface area contributed by atoms with Crippen molar-refractivity contribution < 1.29 is 42.9 Å². The third kappa shape index (κ3) is 8.86. The van der Waals surface area contributed by atoms with E-state index in [1.54, 1.807) is 0 Å². The number of carbonyl (C=O) groups excluding carboxylic acids is 4. The molecule has 1 saturated carbocycles. The van der Waals surface area contributed by atoms with Gasteiger partial charge in [-0.15, -0.1) is 0 Å². The third-order valence-electron chi connectivity index (χ3n) is 15.4. The first-order valence-electron chi connectivity index (χ1n) is 24.9. The van der Waals surface area contributed by atoms with Gasteiger partial charge in [0.25, 0.3) is 0 Å². The van der Waals surface area contributed by atoms with Crippen LogP contribution in [0.2, 0.25) is 5.02 Å². The number of H-pyrrole nitrogens is 2. The fraction of sp³-hybridized carbons (Fsp3) is 0.529. The SMILES string of the molecule is COC(=O)NC(C(=O)N1CCCC1c1ncc(-c2ccc3c(c2)OC(CC2CC2)n2c-3c(Cl)c3cc(-c4cnc([C@@H]5CCCN5C(=O)C(NC(=O)OC)C5CCOCC5)[nH]4)ccc32)[nH]1)C1CCOCC1. The van der Waals surface area contributed by atoms with Crippen LogP contribution in [-0.4, -0.2) is 124 Å². The number of carbonyl (C=O) groups is 4. The number of fused-ring (bicyclic) bond motifs is 5. The van der Waals surface area contributed by atoms with Crippen LogP contribution in [-0.2, 0) is 28.5 Å². The van der Waals surface area contributed by atoms with Crippen LogP contribution in [0.5, 0.6) is 5.75 Å². The monoisotopic (exact) mass is 977 g/mol. The fourth-order valence-electron chi connectivity index (χ4n) is 11.5. The quantitative estimate of drug-likeness (QED) is 0.0941. The number of nitrogens with one attached hydrogen (secondary N) is 4. The van der Waals surface area contributed by atoms with Crippen LogP contribution in [0.4, 0.5) is 9.59 Å². The number of aromatic amines is 2. The van der Waals surface area contributed by atoms with Crippen molar-refractivity contribution in [3.63, 3.8) is 0 Å². The second kappa shape index (κ2) is 19.6. The number of alkyl carbamates (subject to hydrolysis) is 2. The summed E-state index contributed by atoms with van der Waals surface area (Å²) in [7, 11) is 2.62. The number of benzene rings is 2. The molecule has 70 heavy (non-hydrogen) atoms. The lowest BCUT2D eigenvalue weighted by Crippen LogP contribution is -2.53. The minimum atomic E-state index is -0.716. The van der Waals surface area contributed by atoms with Crippen molar-refractivity contribution >= 4 is 46.5 Å². The molecule has 4 amide bonds. The molecule has 370 valence electrons. The largest absolute Gasteiger partial charge is 0.469 e. The molecule has 6 aliphatic rings. The zero-order valence-electron chi connectivity index (χ0n) is 39.5. The lowest BCUT2D eigenvalue weighted by molar-refractivity contribution is -0.137. The van der Waals surface area contributed by atoms with Crippen molar-refractivity contribution in [2.45, 2.75) is 101 Å². The summed E-state index contributed by atoms with van der Waals surface area (Å²) in [5.74, 6) is 2.31. The highest BCUT2D eigenvalue weighted by atomic mass is 35.5. The summed E-state index contributed by atoms with van der Waals surface area (Å²) in [4.78, 5) is 73.7. The second-order valence-corrected chi connectivity index (χ2v) is 20.0. The van der Waals surface area contributed by atoms with Gasteiger partial charge in [-0.05, 0) is 106 Å². The smallest absolute Gasteiger partial charge is 0.407 e. The van der Waals surface area contributed by atoms with E-state index in [1.165, 1.54) is 14.2 Å². The number of likely N-dealkylation sites (tertiary alicyclic amines) is 2. The van der Waals surface area contributed by atoms with Gasteiger partial charge in [-0.25, -0.2) is 19.6 Å². The Morgan fingerprint density at radius 3 is 1.79 bits per heavy atom. The van der Waals surface area contributed by atoms with Crippen molar-refractivity contribution in [3.8, 4) is 39.5 Å². The summed E-state index contributed by atoms with van der Waals surface area (Å²) < 4.78 is 30.1. The molecule has 3 aromatic heterocycles. The predicted octanol–water partition coefficient (Wildman–Crippen LogP) is 8.06. The van der Waals surface area contributed by atoms with Gasteiger partial charge in [0.2, 0.25) is 11.8 Å². The van der Waals surface area contributed by atoms with Crippen molar-refractivity contribution in [2.75, 3.05) is 53.7 Å². The van der Waals surface area contributed by atoms with E-state index in [0.29, 0.717) is 87.8 Å². The topological polar surface area (TPSA) is 207 Å². The Bertz CT molecular complexity index is 2770. The summed E-state index contributed by atoms with van der Waals surface area (Å²) in [6, 6.07) is 10.5. The fourth-order valence-corrected chi connectivity index (χ4v) is 11.8. The molecular formula is C51H60ClN9O9. The highest BCUT2D eigenvalue weighted by Gasteiger charge is 2.42. The van der Waals surface area contributed by atoms with E-state index in [0.717, 1.165) is 95.4 Å². The van der Waals surface area contributed by atoms with Crippen LogP contribution in [0, 0.1) is 17.8 Å². The minimum Gasteiger partial charge on any atom is -0.469 e. The maximum atomic E-state index is 14.2. The zero-order chi connectivity index (χ0) is 48.0. The molecule has 2 aromatic carbocycles. The second-order valence-electron chi connectivity index (χ2n) is 19.6. The zero-order valence-corrected chi connectivity index (χ0v) is 40.3. The molecule has 18 nitrogen and oxygen atoms in total. The highest BCUT2D eigenvalue weighted by molar-refractivity contribution is 6.38. The molecule has 0 spiro atoms. The van der Waals surface area contributed by atoms with Crippen LogP contribution in [0.15, 0.2) is 48.8 Å². The Morgan fingerprint density at radius 1 is 0.729 bits per heavy atom. The van der Waals surface area contributed by atoms with Gasteiger partial charge in [-0.1, -0.05) is 23.7 Å². The number of hydrogen-bond acceptors (Lipinski definition) is 11. The van der Waals surface area contributed by atoms with E-state index in [9.17, 15) is 19.2 Å². The number of hydrogen-bond donors (Lipinski definition) is 4. The average molecular weight is 979 g/mol. The molecule has 4 unspecified atom stereocenters. The van der Waals surface area contributed by atoms with E-state index in [2.05, 4.69) is 55.5 Å². The van der Waals surface area contributed by atoms with Gasteiger partial charge in [0.1, 0.15) is 29.5 Å². The molecule has 5 aromatic rings. The van der Waals surface area contributed by atoms with E-state index in [-0.39, 0.29) is 42.0 Å². The molecule has 1 aliphatic carbocycles. The molecule has 4 saturated heterocycles. The summed E-state index contributed by atoms with van der Waals surface area (Å²) >= 11 is 7.48. The molecule has 5 fully saturated rings. The predicted molar refractivity (Wildman–Crippen MR) is 258 cm³/mol. The highest BCUT2D eigenvalue weighted by Crippen LogP contribution is 2.51. The van der Waals surface area contributed by atoms with Crippen molar-refractivity contribution in [1.82, 2.24) is 44.9 Å². The Balaban J connectivity index is 0.852. The van der Waals surface area contributed by atoms with Gasteiger partial charge in [0.15, 0.2) is 6.23 Å². The lowest BCUT2D eigenvalue weighted by Gasteiger charge is -2.34. The van der Waals surface area contributed by atoms with Gasteiger partial charge in [-0.3, -0.25) is 9.59 Å². The molecule has 5 atom stereocenters. The number of amides is 4. The molecule has 5 aliphatic heterocycles. The van der Waals surface area contributed by atoms with E-state index in [4.69, 9.17) is 45.3 Å².